The molecule has 1 aliphatic heterocycles. The van der Waals surface area contributed by atoms with Crippen molar-refractivity contribution in [3.8, 4) is 5.75 Å². The average molecular weight is 645 g/mol. The molecule has 10 nitrogen and oxygen atoms in total. The van der Waals surface area contributed by atoms with E-state index < -0.39 is 6.17 Å². The van der Waals surface area contributed by atoms with Gasteiger partial charge in [0.1, 0.15) is 5.75 Å². The van der Waals surface area contributed by atoms with Crippen LogP contribution in [0.1, 0.15) is 110 Å². The number of nitrogens with zero attached hydrogens (tertiary/aromatic N) is 2. The van der Waals surface area contributed by atoms with Crippen LogP contribution < -0.4 is 26.0 Å². The molecule has 1 aromatic carbocycles. The number of amides is 3. The highest BCUT2D eigenvalue weighted by Gasteiger charge is 2.21. The summed E-state index contributed by atoms with van der Waals surface area (Å²) in [6.45, 7) is 7.74. The maximum absolute atomic E-state index is 13.0. The fourth-order valence-electron chi connectivity index (χ4n) is 5.57. The smallest absolute Gasteiger partial charge is 0.263 e. The molecule has 0 bridgehead atoms. The Morgan fingerprint density at radius 3 is 2.07 bits per heavy atom. The van der Waals surface area contributed by atoms with Gasteiger partial charge in [-0.05, 0) is 90.1 Å². The summed E-state index contributed by atoms with van der Waals surface area (Å²) in [6, 6.07) is 7.32. The van der Waals surface area contributed by atoms with Gasteiger partial charge in [0.15, 0.2) is 6.17 Å². The van der Waals surface area contributed by atoms with Crippen molar-refractivity contribution in [2.75, 3.05) is 65.3 Å². The molecule has 1 fully saturated rings. The molecule has 1 saturated heterocycles. The number of hydrogen-bond donors (Lipinski definition) is 4. The first-order valence-corrected chi connectivity index (χ1v) is 18.1. The first kappa shape index (κ1) is 39.3. The zero-order chi connectivity index (χ0) is 33.2. The molecule has 0 aliphatic carbocycles. The van der Waals surface area contributed by atoms with Crippen molar-refractivity contribution in [2.24, 2.45) is 0 Å². The molecule has 3 amide bonds. The number of carbonyl (C=O) groups excluding carboxylic acids is 3. The Labute approximate surface area is 279 Å². The summed E-state index contributed by atoms with van der Waals surface area (Å²) >= 11 is 0. The van der Waals surface area contributed by atoms with Gasteiger partial charge in [0.25, 0.3) is 5.91 Å². The molecule has 1 aliphatic rings. The predicted molar refractivity (Wildman–Crippen MR) is 188 cm³/mol. The topological polar surface area (TPSA) is 115 Å². The standard InChI is InChI=1S/C36H64N6O4/c1-4-5-6-7-8-9-10-11-12-13-24-37-33(43)19-17-30-46-32-22-20-31(21-23-32)39-35(40-34(44)18-16-26-41(2)3)36(45)38-25-29-42-27-14-15-28-42/h20-23,35,39H,4-19,24-30H2,1-3H3,(H,37,43)(H,38,45)(H,40,44). The summed E-state index contributed by atoms with van der Waals surface area (Å²) in [5, 5.41) is 12.0. The van der Waals surface area contributed by atoms with Gasteiger partial charge < -0.3 is 35.8 Å². The maximum Gasteiger partial charge on any atom is 0.263 e. The molecule has 262 valence electrons. The number of anilines is 1. The van der Waals surface area contributed by atoms with Crippen molar-refractivity contribution in [1.29, 1.82) is 0 Å². The van der Waals surface area contributed by atoms with Gasteiger partial charge in [-0.25, -0.2) is 0 Å². The summed E-state index contributed by atoms with van der Waals surface area (Å²) in [7, 11) is 3.95. The van der Waals surface area contributed by atoms with Crippen LogP contribution in [0.15, 0.2) is 24.3 Å². The molecule has 0 saturated carbocycles. The fourth-order valence-corrected chi connectivity index (χ4v) is 5.57. The Morgan fingerprint density at radius 1 is 0.783 bits per heavy atom. The molecule has 2 rings (SSSR count). The molecule has 1 unspecified atom stereocenters. The summed E-state index contributed by atoms with van der Waals surface area (Å²) in [5.74, 6) is 0.344. The van der Waals surface area contributed by atoms with E-state index in [1.54, 1.807) is 0 Å². The summed E-state index contributed by atoms with van der Waals surface area (Å²) in [5.41, 5.74) is 0.701. The molecular formula is C36H64N6O4. The molecule has 1 heterocycles. The highest BCUT2D eigenvalue weighted by molar-refractivity contribution is 5.89. The van der Waals surface area contributed by atoms with Gasteiger partial charge in [-0.2, -0.15) is 0 Å². The van der Waals surface area contributed by atoms with Gasteiger partial charge in [-0.3, -0.25) is 14.4 Å². The zero-order valence-electron chi connectivity index (χ0n) is 29.2. The number of unbranched alkanes of at least 4 members (excludes halogenated alkanes) is 9. The van der Waals surface area contributed by atoms with Gasteiger partial charge in [-0.15, -0.1) is 0 Å². The second-order valence-electron chi connectivity index (χ2n) is 12.9. The lowest BCUT2D eigenvalue weighted by Gasteiger charge is -2.22. The Morgan fingerprint density at radius 2 is 1.41 bits per heavy atom. The number of hydrogen-bond acceptors (Lipinski definition) is 7. The van der Waals surface area contributed by atoms with Crippen molar-refractivity contribution in [3.63, 3.8) is 0 Å². The normalized spacial score (nSPS) is 13.8. The molecule has 10 heteroatoms. The summed E-state index contributed by atoms with van der Waals surface area (Å²) in [4.78, 5) is 42.2. The first-order chi connectivity index (χ1) is 22.4. The van der Waals surface area contributed by atoms with Gasteiger partial charge in [0, 0.05) is 38.2 Å². The van der Waals surface area contributed by atoms with E-state index in [4.69, 9.17) is 4.74 Å². The molecule has 46 heavy (non-hydrogen) atoms. The van der Waals surface area contributed by atoms with Gasteiger partial charge in [0.05, 0.1) is 6.61 Å². The van der Waals surface area contributed by atoms with Gasteiger partial charge >= 0.3 is 0 Å². The Balaban J connectivity index is 1.65. The minimum atomic E-state index is -0.879. The molecule has 1 atom stereocenters. The fraction of sp³-hybridized carbons (Fsp3) is 0.750. The van der Waals surface area contributed by atoms with Gasteiger partial charge in [-0.1, -0.05) is 64.7 Å². The minimum Gasteiger partial charge on any atom is -0.494 e. The molecule has 0 aromatic heterocycles. The number of nitrogens with one attached hydrogen (secondary N) is 4. The zero-order valence-corrected chi connectivity index (χ0v) is 29.2. The van der Waals surface area contributed by atoms with E-state index >= 15 is 0 Å². The summed E-state index contributed by atoms with van der Waals surface area (Å²) < 4.78 is 5.84. The van der Waals surface area contributed by atoms with Crippen LogP contribution in [0.3, 0.4) is 0 Å². The van der Waals surface area contributed by atoms with E-state index in [1.807, 2.05) is 43.3 Å². The van der Waals surface area contributed by atoms with E-state index in [0.717, 1.165) is 45.6 Å². The minimum absolute atomic E-state index is 0.0765. The van der Waals surface area contributed by atoms with Crippen LogP contribution in [0.25, 0.3) is 0 Å². The predicted octanol–water partition coefficient (Wildman–Crippen LogP) is 5.29. The molecule has 4 N–H and O–H groups in total. The van der Waals surface area contributed by atoms with E-state index in [0.29, 0.717) is 43.9 Å². The van der Waals surface area contributed by atoms with E-state index in [9.17, 15) is 14.4 Å². The number of rotatable bonds is 27. The highest BCUT2D eigenvalue weighted by atomic mass is 16.5. The van der Waals surface area contributed by atoms with Gasteiger partial charge in [0.2, 0.25) is 11.8 Å². The number of likely N-dealkylation sites (tertiary alicyclic amines) is 1. The Hall–Kier alpha value is -2.85. The van der Waals surface area contributed by atoms with Crippen molar-refractivity contribution in [1.82, 2.24) is 25.8 Å². The largest absolute Gasteiger partial charge is 0.494 e. The third kappa shape index (κ3) is 19.6. The lowest BCUT2D eigenvalue weighted by Crippen LogP contribution is -2.52. The highest BCUT2D eigenvalue weighted by Crippen LogP contribution is 2.17. The van der Waals surface area contributed by atoms with Crippen molar-refractivity contribution in [2.45, 2.75) is 116 Å². The SMILES string of the molecule is CCCCCCCCCCCCNC(=O)CCCOc1ccc(NC(NC(=O)CCCN(C)C)C(=O)NCCN2CCCC2)cc1. The van der Waals surface area contributed by atoms with Crippen LogP contribution in [0.2, 0.25) is 0 Å². The van der Waals surface area contributed by atoms with Crippen LogP contribution in [0, 0.1) is 0 Å². The average Bonchev–Trinajstić information content (AvgIpc) is 3.56. The van der Waals surface area contributed by atoms with Crippen LogP contribution in [-0.2, 0) is 14.4 Å². The van der Waals surface area contributed by atoms with E-state index in [2.05, 4.69) is 33.1 Å². The third-order valence-electron chi connectivity index (χ3n) is 8.34. The number of benzene rings is 1. The molecule has 0 spiro atoms. The van der Waals surface area contributed by atoms with E-state index in [1.165, 1.54) is 70.6 Å². The lowest BCUT2D eigenvalue weighted by molar-refractivity contribution is -0.128. The van der Waals surface area contributed by atoms with Crippen molar-refractivity contribution >= 4 is 23.4 Å². The maximum atomic E-state index is 13.0. The Kier molecular flexibility index (Phi) is 21.6. The monoisotopic (exact) mass is 644 g/mol. The van der Waals surface area contributed by atoms with Crippen LogP contribution in [0.5, 0.6) is 5.75 Å². The molecule has 1 aromatic rings. The molecule has 0 radical (unpaired) electrons. The summed E-state index contributed by atoms with van der Waals surface area (Å²) in [6.07, 6.45) is 16.6. The quantitative estimate of drug-likeness (QED) is 0.0760. The second-order valence-corrected chi connectivity index (χ2v) is 12.9. The number of carbonyl (C=O) groups is 3. The van der Waals surface area contributed by atoms with E-state index in [-0.39, 0.29) is 17.7 Å². The molecular weight excluding hydrogens is 580 g/mol. The van der Waals surface area contributed by atoms with Crippen LogP contribution in [0.4, 0.5) is 5.69 Å². The lowest BCUT2D eigenvalue weighted by atomic mass is 10.1. The van der Waals surface area contributed by atoms with Crippen LogP contribution >= 0.6 is 0 Å². The Bertz CT molecular complexity index is 952. The second kappa shape index (κ2) is 25.3. The van der Waals surface area contributed by atoms with Crippen molar-refractivity contribution in [3.05, 3.63) is 24.3 Å². The third-order valence-corrected chi connectivity index (χ3v) is 8.34. The van der Waals surface area contributed by atoms with Crippen molar-refractivity contribution < 1.29 is 19.1 Å². The first-order valence-electron chi connectivity index (χ1n) is 18.1. The number of ether oxygens (including phenoxy) is 1. The van der Waals surface area contributed by atoms with Crippen LogP contribution in [-0.4, -0.2) is 93.7 Å².